The summed E-state index contributed by atoms with van der Waals surface area (Å²) in [7, 11) is 3.14. The molecule has 1 aromatic carbocycles. The monoisotopic (exact) mass is 315 g/mol. The van der Waals surface area contributed by atoms with Crippen molar-refractivity contribution in [2.75, 3.05) is 20.8 Å². The molecule has 0 bridgehead atoms. The molecule has 0 saturated carbocycles. The molecule has 1 atom stereocenters. The van der Waals surface area contributed by atoms with Gasteiger partial charge in [-0.1, -0.05) is 17.7 Å². The molecule has 0 saturated heterocycles. The van der Waals surface area contributed by atoms with Gasteiger partial charge in [0.1, 0.15) is 5.75 Å². The minimum absolute atomic E-state index is 0.139. The molecule has 23 heavy (non-hydrogen) atoms. The van der Waals surface area contributed by atoms with Crippen molar-refractivity contribution >= 4 is 6.09 Å². The van der Waals surface area contributed by atoms with Crippen LogP contribution in [0, 0.1) is 0 Å². The fourth-order valence-electron chi connectivity index (χ4n) is 3.83. The largest absolute Gasteiger partial charge is 0.497 e. The first kappa shape index (κ1) is 15.9. The van der Waals surface area contributed by atoms with Gasteiger partial charge in [0, 0.05) is 6.54 Å². The molecule has 0 unspecified atom stereocenters. The van der Waals surface area contributed by atoms with Crippen molar-refractivity contribution in [3.63, 3.8) is 0 Å². The van der Waals surface area contributed by atoms with E-state index in [0.29, 0.717) is 0 Å². The standard InChI is InChI=1S/C19H25NO3/c1-22-16-9-7-14(8-10-16)13-18-17-6-4-3-5-15(17)11-12-20(18)19(21)23-2/h7-10,18H,3-6,11-13H2,1-2H3/t18-/m0/s1. The Morgan fingerprint density at radius 3 is 2.57 bits per heavy atom. The number of amides is 1. The molecule has 0 radical (unpaired) electrons. The Hall–Kier alpha value is -1.97. The van der Waals surface area contributed by atoms with Gasteiger partial charge in [0.15, 0.2) is 0 Å². The second kappa shape index (κ2) is 7.07. The molecule has 1 heterocycles. The molecule has 1 aliphatic carbocycles. The van der Waals surface area contributed by atoms with E-state index in [-0.39, 0.29) is 12.1 Å². The summed E-state index contributed by atoms with van der Waals surface area (Å²) in [6.07, 6.45) is 6.47. The van der Waals surface area contributed by atoms with Crippen LogP contribution in [-0.4, -0.2) is 37.8 Å². The van der Waals surface area contributed by atoms with E-state index in [1.807, 2.05) is 17.0 Å². The van der Waals surface area contributed by atoms with Gasteiger partial charge in [-0.2, -0.15) is 0 Å². The molecular formula is C19H25NO3. The summed E-state index contributed by atoms with van der Waals surface area (Å²) in [6, 6.07) is 8.28. The highest BCUT2D eigenvalue weighted by molar-refractivity contribution is 5.69. The molecule has 0 spiro atoms. The number of nitrogens with zero attached hydrogens (tertiary/aromatic N) is 1. The lowest BCUT2D eigenvalue weighted by atomic mass is 9.80. The first-order valence-electron chi connectivity index (χ1n) is 8.41. The van der Waals surface area contributed by atoms with E-state index in [2.05, 4.69) is 12.1 Å². The molecule has 124 valence electrons. The summed E-state index contributed by atoms with van der Waals surface area (Å²) in [6.45, 7) is 0.770. The second-order valence-electron chi connectivity index (χ2n) is 6.32. The number of hydrogen-bond acceptors (Lipinski definition) is 3. The Kier molecular flexibility index (Phi) is 4.89. The zero-order chi connectivity index (χ0) is 16.2. The minimum Gasteiger partial charge on any atom is -0.497 e. The zero-order valence-electron chi connectivity index (χ0n) is 14.0. The molecule has 0 aromatic heterocycles. The number of benzene rings is 1. The van der Waals surface area contributed by atoms with Crippen LogP contribution in [0.25, 0.3) is 0 Å². The Balaban J connectivity index is 1.86. The van der Waals surface area contributed by atoms with Crippen molar-refractivity contribution < 1.29 is 14.3 Å². The number of hydrogen-bond donors (Lipinski definition) is 0. The van der Waals surface area contributed by atoms with Crippen LogP contribution in [-0.2, 0) is 11.2 Å². The number of ether oxygens (including phenoxy) is 2. The van der Waals surface area contributed by atoms with Gasteiger partial charge in [0.25, 0.3) is 0 Å². The van der Waals surface area contributed by atoms with E-state index in [4.69, 9.17) is 9.47 Å². The molecule has 1 aliphatic heterocycles. The number of carbonyl (C=O) groups is 1. The van der Waals surface area contributed by atoms with Crippen LogP contribution in [0.15, 0.2) is 35.4 Å². The van der Waals surface area contributed by atoms with Gasteiger partial charge in [-0.3, -0.25) is 0 Å². The van der Waals surface area contributed by atoms with E-state index in [1.165, 1.54) is 37.5 Å². The third-order valence-corrected chi connectivity index (χ3v) is 5.06. The molecule has 4 heteroatoms. The van der Waals surface area contributed by atoms with Crippen molar-refractivity contribution in [3.05, 3.63) is 41.0 Å². The van der Waals surface area contributed by atoms with Gasteiger partial charge in [-0.25, -0.2) is 4.79 Å². The Morgan fingerprint density at radius 1 is 1.13 bits per heavy atom. The van der Waals surface area contributed by atoms with E-state index >= 15 is 0 Å². The topological polar surface area (TPSA) is 38.8 Å². The normalized spacial score (nSPS) is 21.0. The summed E-state index contributed by atoms with van der Waals surface area (Å²) in [5.74, 6) is 0.861. The van der Waals surface area contributed by atoms with Crippen molar-refractivity contribution in [3.8, 4) is 5.75 Å². The Labute approximate surface area is 138 Å². The van der Waals surface area contributed by atoms with Crippen LogP contribution >= 0.6 is 0 Å². The van der Waals surface area contributed by atoms with E-state index in [1.54, 1.807) is 12.7 Å². The van der Waals surface area contributed by atoms with Crippen LogP contribution in [0.2, 0.25) is 0 Å². The fourth-order valence-corrected chi connectivity index (χ4v) is 3.83. The van der Waals surface area contributed by atoms with Gasteiger partial charge in [0.05, 0.1) is 20.3 Å². The maximum Gasteiger partial charge on any atom is 0.410 e. The van der Waals surface area contributed by atoms with Gasteiger partial charge in [0.2, 0.25) is 0 Å². The average molecular weight is 315 g/mol. The Bertz CT molecular complexity index is 591. The molecule has 3 rings (SSSR count). The van der Waals surface area contributed by atoms with Crippen LogP contribution in [0.5, 0.6) is 5.75 Å². The summed E-state index contributed by atoms with van der Waals surface area (Å²) in [4.78, 5) is 14.1. The summed E-state index contributed by atoms with van der Waals surface area (Å²) >= 11 is 0. The SMILES string of the molecule is COC(=O)N1CCC2=C(CCCC2)[C@@H]1Cc1ccc(OC)cc1. The van der Waals surface area contributed by atoms with E-state index < -0.39 is 0 Å². The summed E-state index contributed by atoms with van der Waals surface area (Å²) in [5, 5.41) is 0. The Morgan fingerprint density at radius 2 is 1.87 bits per heavy atom. The van der Waals surface area contributed by atoms with E-state index in [9.17, 15) is 4.79 Å². The number of rotatable bonds is 3. The lowest BCUT2D eigenvalue weighted by Gasteiger charge is -2.40. The lowest BCUT2D eigenvalue weighted by Crippen LogP contribution is -2.46. The predicted molar refractivity (Wildman–Crippen MR) is 89.7 cm³/mol. The predicted octanol–water partition coefficient (Wildman–Crippen LogP) is 3.95. The molecule has 1 amide bonds. The molecule has 4 nitrogen and oxygen atoms in total. The minimum atomic E-state index is -0.208. The highest BCUT2D eigenvalue weighted by Gasteiger charge is 2.34. The van der Waals surface area contributed by atoms with Crippen molar-refractivity contribution in [2.45, 2.75) is 44.6 Å². The highest BCUT2D eigenvalue weighted by Crippen LogP contribution is 2.36. The molecular weight excluding hydrogens is 290 g/mol. The van der Waals surface area contributed by atoms with Gasteiger partial charge < -0.3 is 14.4 Å². The molecule has 0 N–H and O–H groups in total. The zero-order valence-corrected chi connectivity index (χ0v) is 14.0. The lowest BCUT2D eigenvalue weighted by molar-refractivity contribution is 0.106. The van der Waals surface area contributed by atoms with Crippen LogP contribution in [0.4, 0.5) is 4.79 Å². The van der Waals surface area contributed by atoms with Crippen LogP contribution < -0.4 is 4.74 Å². The average Bonchev–Trinajstić information content (AvgIpc) is 2.62. The van der Waals surface area contributed by atoms with Gasteiger partial charge in [-0.15, -0.1) is 0 Å². The quantitative estimate of drug-likeness (QED) is 0.793. The van der Waals surface area contributed by atoms with Crippen LogP contribution in [0.3, 0.4) is 0 Å². The smallest absolute Gasteiger partial charge is 0.410 e. The van der Waals surface area contributed by atoms with Crippen molar-refractivity contribution in [1.82, 2.24) is 4.90 Å². The maximum atomic E-state index is 12.2. The van der Waals surface area contributed by atoms with Crippen LogP contribution in [0.1, 0.15) is 37.7 Å². The second-order valence-corrected chi connectivity index (χ2v) is 6.32. The van der Waals surface area contributed by atoms with Gasteiger partial charge in [-0.05, 0) is 61.8 Å². The molecule has 0 fully saturated rings. The molecule has 2 aliphatic rings. The number of methoxy groups -OCH3 is 2. The van der Waals surface area contributed by atoms with Crippen molar-refractivity contribution in [2.24, 2.45) is 0 Å². The summed E-state index contributed by atoms with van der Waals surface area (Å²) < 4.78 is 10.2. The van der Waals surface area contributed by atoms with Crippen molar-refractivity contribution in [1.29, 1.82) is 0 Å². The maximum absolute atomic E-state index is 12.2. The third-order valence-electron chi connectivity index (χ3n) is 5.06. The van der Waals surface area contributed by atoms with E-state index in [0.717, 1.165) is 31.6 Å². The third kappa shape index (κ3) is 3.36. The first-order chi connectivity index (χ1) is 11.2. The number of carbonyl (C=O) groups excluding carboxylic acids is 1. The fraction of sp³-hybridized carbons (Fsp3) is 0.526. The first-order valence-corrected chi connectivity index (χ1v) is 8.41. The van der Waals surface area contributed by atoms with Gasteiger partial charge >= 0.3 is 6.09 Å². The summed E-state index contributed by atoms with van der Waals surface area (Å²) in [5.41, 5.74) is 4.28. The highest BCUT2D eigenvalue weighted by atomic mass is 16.5. The molecule has 1 aromatic rings.